The maximum Gasteiger partial charge on any atom is 0.149 e. The van der Waals surface area contributed by atoms with Crippen molar-refractivity contribution < 1.29 is 18.5 Å². The van der Waals surface area contributed by atoms with Crippen molar-refractivity contribution in [3.05, 3.63) is 59.7 Å². The molecule has 3 unspecified atom stereocenters. The second-order valence-electron chi connectivity index (χ2n) is 13.1. The Balaban J connectivity index is 1.87. The lowest BCUT2D eigenvalue weighted by Crippen LogP contribution is -2.31. The van der Waals surface area contributed by atoms with Gasteiger partial charge in [-0.3, -0.25) is 0 Å². The number of para-hydroxylation sites is 2. The first-order valence-electron chi connectivity index (χ1n) is 15.7. The van der Waals surface area contributed by atoms with Crippen LogP contribution in [0.15, 0.2) is 48.5 Å². The highest BCUT2D eigenvalue weighted by Gasteiger charge is 2.33. The molecule has 2 aromatic rings. The molecule has 3 atom stereocenters. The molecule has 232 valence electrons. The van der Waals surface area contributed by atoms with E-state index in [1.54, 1.807) is 0 Å². The minimum absolute atomic E-state index is 0.0288. The Kier molecular flexibility index (Phi) is 14.6. The monoisotopic (exact) mass is 604 g/mol. The zero-order chi connectivity index (χ0) is 30.6. The standard InChI is InChI=1S/C35H58O4P2/c1-11-25-35(14-4,39-31-24-18-16-22-29(31)33(8,9)10)41-37-27-20-19-26-36-40-34(12-2,13-3)38-30-23-17-15-21-28(30)32(5,6)7/h15-18,21-24,40-41H,11-14,19-20,25-27H2,1-10H3. The third-order valence-corrected chi connectivity index (χ3v) is 10.6. The lowest BCUT2D eigenvalue weighted by molar-refractivity contribution is 0.127. The van der Waals surface area contributed by atoms with E-state index in [1.807, 2.05) is 0 Å². The lowest BCUT2D eigenvalue weighted by atomic mass is 9.86. The van der Waals surface area contributed by atoms with Gasteiger partial charge in [0.15, 0.2) is 0 Å². The first-order valence-corrected chi connectivity index (χ1v) is 17.5. The van der Waals surface area contributed by atoms with Gasteiger partial charge in [0.2, 0.25) is 0 Å². The molecular weight excluding hydrogens is 546 g/mol. The fraction of sp³-hybridized carbons (Fsp3) is 0.657. The van der Waals surface area contributed by atoms with Crippen LogP contribution in [0, 0.1) is 0 Å². The van der Waals surface area contributed by atoms with E-state index in [4.69, 9.17) is 18.5 Å². The third-order valence-electron chi connectivity index (χ3n) is 7.63. The van der Waals surface area contributed by atoms with Gasteiger partial charge in [-0.25, -0.2) is 0 Å². The fourth-order valence-corrected chi connectivity index (χ4v) is 7.00. The molecule has 6 heteroatoms. The van der Waals surface area contributed by atoms with Crippen molar-refractivity contribution in [2.24, 2.45) is 0 Å². The molecule has 0 aliphatic rings. The normalized spacial score (nSPS) is 14.7. The molecule has 0 aromatic heterocycles. The van der Waals surface area contributed by atoms with Crippen LogP contribution in [0.2, 0.25) is 0 Å². The van der Waals surface area contributed by atoms with Crippen LogP contribution in [-0.4, -0.2) is 23.9 Å². The lowest BCUT2D eigenvalue weighted by Gasteiger charge is -2.35. The van der Waals surface area contributed by atoms with Crippen molar-refractivity contribution in [1.29, 1.82) is 0 Å². The predicted molar refractivity (Wildman–Crippen MR) is 181 cm³/mol. The molecule has 41 heavy (non-hydrogen) atoms. The van der Waals surface area contributed by atoms with Gasteiger partial charge in [-0.15, -0.1) is 0 Å². The van der Waals surface area contributed by atoms with Crippen molar-refractivity contribution in [3.8, 4) is 11.5 Å². The van der Waals surface area contributed by atoms with Crippen LogP contribution in [0.3, 0.4) is 0 Å². The SMILES string of the molecule is CCCC(CC)(Oc1ccccc1C(C)(C)C)POCCCCOPC(CC)(CC)Oc1ccccc1C(C)(C)C. The summed E-state index contributed by atoms with van der Waals surface area (Å²) >= 11 is 0. The molecule has 0 spiro atoms. The summed E-state index contributed by atoms with van der Waals surface area (Å²) in [6.45, 7) is 23.7. The molecule has 2 aromatic carbocycles. The number of hydrogen-bond donors (Lipinski definition) is 0. The highest BCUT2D eigenvalue weighted by Crippen LogP contribution is 2.45. The van der Waals surface area contributed by atoms with E-state index in [2.05, 4.69) is 118 Å². The Morgan fingerprint density at radius 3 is 1.34 bits per heavy atom. The van der Waals surface area contributed by atoms with E-state index in [1.165, 1.54) is 11.1 Å². The Bertz CT molecular complexity index is 1020. The predicted octanol–water partition coefficient (Wildman–Crippen LogP) is 11.2. The molecule has 0 saturated heterocycles. The van der Waals surface area contributed by atoms with Gasteiger partial charge in [-0.1, -0.05) is 112 Å². The number of hydrogen-bond acceptors (Lipinski definition) is 4. The number of ether oxygens (including phenoxy) is 2. The second-order valence-corrected chi connectivity index (χ2v) is 15.9. The van der Waals surface area contributed by atoms with Crippen LogP contribution in [0.4, 0.5) is 0 Å². The average Bonchev–Trinajstić information content (AvgIpc) is 2.93. The first-order chi connectivity index (χ1) is 19.4. The van der Waals surface area contributed by atoms with Crippen LogP contribution in [0.5, 0.6) is 11.5 Å². The minimum Gasteiger partial charge on any atom is -0.480 e. The minimum atomic E-state index is -0.291. The van der Waals surface area contributed by atoms with Crippen LogP contribution in [-0.2, 0) is 19.9 Å². The van der Waals surface area contributed by atoms with Gasteiger partial charge in [-0.05, 0) is 72.6 Å². The first kappa shape index (κ1) is 36.0. The molecule has 0 fully saturated rings. The number of benzene rings is 2. The third kappa shape index (κ3) is 11.1. The zero-order valence-corrected chi connectivity index (χ0v) is 29.6. The van der Waals surface area contributed by atoms with Crippen molar-refractivity contribution in [1.82, 2.24) is 0 Å². The summed E-state index contributed by atoms with van der Waals surface area (Å²) in [4.78, 5) is 0. The molecule has 0 bridgehead atoms. The van der Waals surface area contributed by atoms with Crippen molar-refractivity contribution in [2.45, 2.75) is 136 Å². The van der Waals surface area contributed by atoms with Gasteiger partial charge in [0.05, 0.1) is 30.8 Å². The van der Waals surface area contributed by atoms with Gasteiger partial charge < -0.3 is 18.5 Å². The molecule has 0 aliphatic heterocycles. The molecule has 2 rings (SSSR count). The van der Waals surface area contributed by atoms with Gasteiger partial charge in [0.1, 0.15) is 22.2 Å². The van der Waals surface area contributed by atoms with E-state index in [-0.39, 0.29) is 21.5 Å². The van der Waals surface area contributed by atoms with Gasteiger partial charge in [0, 0.05) is 0 Å². The van der Waals surface area contributed by atoms with E-state index >= 15 is 0 Å². The summed E-state index contributed by atoms with van der Waals surface area (Å²) in [7, 11) is 0.603. The van der Waals surface area contributed by atoms with Crippen molar-refractivity contribution in [2.75, 3.05) is 13.2 Å². The Morgan fingerprint density at radius 2 is 0.951 bits per heavy atom. The van der Waals surface area contributed by atoms with Crippen LogP contribution < -0.4 is 9.47 Å². The number of unbranched alkanes of at least 4 members (excludes halogenated alkanes) is 1. The summed E-state index contributed by atoms with van der Waals surface area (Å²) < 4.78 is 26.0. The Labute approximate surface area is 255 Å². The highest BCUT2D eigenvalue weighted by molar-refractivity contribution is 7.34. The van der Waals surface area contributed by atoms with Crippen LogP contribution in [0.1, 0.15) is 125 Å². The van der Waals surface area contributed by atoms with E-state index in [0.717, 1.165) is 69.7 Å². The van der Waals surface area contributed by atoms with Gasteiger partial charge >= 0.3 is 0 Å². The summed E-state index contributed by atoms with van der Waals surface area (Å²) in [5.74, 6) is 1.97. The molecule has 0 radical (unpaired) electrons. The Morgan fingerprint density at radius 1 is 0.561 bits per heavy atom. The fourth-order valence-electron chi connectivity index (χ4n) is 4.89. The molecule has 0 amide bonds. The molecule has 0 heterocycles. The Hall–Kier alpha value is -1.18. The largest absolute Gasteiger partial charge is 0.480 e. The van der Waals surface area contributed by atoms with Crippen LogP contribution in [0.25, 0.3) is 0 Å². The number of rotatable bonds is 18. The molecule has 0 saturated carbocycles. The molecule has 4 nitrogen and oxygen atoms in total. The summed E-state index contributed by atoms with van der Waals surface area (Å²) in [5, 5.41) is -0.572. The zero-order valence-electron chi connectivity index (χ0n) is 27.6. The quantitative estimate of drug-likeness (QED) is 0.125. The molecule has 0 N–H and O–H groups in total. The maximum absolute atomic E-state index is 6.78. The van der Waals surface area contributed by atoms with Crippen LogP contribution >= 0.6 is 17.6 Å². The van der Waals surface area contributed by atoms with Crippen molar-refractivity contribution in [3.63, 3.8) is 0 Å². The van der Waals surface area contributed by atoms with Gasteiger partial charge in [0.25, 0.3) is 0 Å². The second kappa shape index (κ2) is 16.6. The smallest absolute Gasteiger partial charge is 0.149 e. The average molecular weight is 605 g/mol. The van der Waals surface area contributed by atoms with E-state index < -0.39 is 0 Å². The van der Waals surface area contributed by atoms with Crippen molar-refractivity contribution >= 4 is 17.6 Å². The summed E-state index contributed by atoms with van der Waals surface area (Å²) in [6.07, 6.45) is 6.76. The van der Waals surface area contributed by atoms with E-state index in [0.29, 0.717) is 17.6 Å². The maximum atomic E-state index is 6.78. The summed E-state index contributed by atoms with van der Waals surface area (Å²) in [6, 6.07) is 16.9. The van der Waals surface area contributed by atoms with E-state index in [9.17, 15) is 0 Å². The highest BCUT2D eigenvalue weighted by atomic mass is 31.1. The topological polar surface area (TPSA) is 36.9 Å². The molecule has 0 aliphatic carbocycles. The van der Waals surface area contributed by atoms with Gasteiger partial charge in [-0.2, -0.15) is 0 Å². The molecular formula is C35H58O4P2. The summed E-state index contributed by atoms with van der Waals surface area (Å²) in [5.41, 5.74) is 2.55.